The van der Waals surface area contributed by atoms with Crippen molar-refractivity contribution < 1.29 is 9.21 Å². The van der Waals surface area contributed by atoms with E-state index in [9.17, 15) is 4.79 Å². The van der Waals surface area contributed by atoms with E-state index in [0.29, 0.717) is 11.5 Å². The van der Waals surface area contributed by atoms with Gasteiger partial charge in [-0.15, -0.1) is 0 Å². The van der Waals surface area contributed by atoms with Crippen LogP contribution in [0.4, 0.5) is 5.69 Å². The highest BCUT2D eigenvalue weighted by Gasteiger charge is 2.42. The number of oxazole rings is 1. The predicted molar refractivity (Wildman–Crippen MR) is 143 cm³/mol. The van der Waals surface area contributed by atoms with E-state index in [4.69, 9.17) is 16.6 Å². The third-order valence-electron chi connectivity index (χ3n) is 6.16. The van der Waals surface area contributed by atoms with Crippen molar-refractivity contribution in [2.45, 2.75) is 31.1 Å². The summed E-state index contributed by atoms with van der Waals surface area (Å²) in [6.07, 6.45) is 3.73. The molecule has 0 aliphatic heterocycles. The molecule has 2 N–H and O–H groups in total. The van der Waals surface area contributed by atoms with Crippen LogP contribution in [0.1, 0.15) is 31.2 Å². The van der Waals surface area contributed by atoms with E-state index in [1.54, 1.807) is 0 Å². The highest BCUT2D eigenvalue weighted by molar-refractivity contribution is 14.1. The Balaban J connectivity index is 1.32. The Labute approximate surface area is 211 Å². The van der Waals surface area contributed by atoms with Gasteiger partial charge in [-0.25, -0.2) is 4.98 Å². The molecule has 1 fully saturated rings. The Morgan fingerprint density at radius 1 is 1.00 bits per heavy atom. The number of hydrogen-bond acceptors (Lipinski definition) is 4. The molecule has 1 amide bonds. The maximum absolute atomic E-state index is 13.3. The molecule has 5 nitrogen and oxygen atoms in total. The van der Waals surface area contributed by atoms with Crippen molar-refractivity contribution in [1.29, 1.82) is 0 Å². The molecule has 1 aliphatic carbocycles. The van der Waals surface area contributed by atoms with E-state index >= 15 is 0 Å². The number of nitrogens with zero attached hydrogens (tertiary/aromatic N) is 1. The number of halogens is 1. The van der Waals surface area contributed by atoms with Crippen LogP contribution in [0.5, 0.6) is 0 Å². The summed E-state index contributed by atoms with van der Waals surface area (Å²) in [5, 5.41) is 6.34. The van der Waals surface area contributed by atoms with Crippen molar-refractivity contribution in [3.05, 3.63) is 81.9 Å². The maximum Gasteiger partial charge on any atom is 0.236 e. The van der Waals surface area contributed by atoms with Gasteiger partial charge in [-0.3, -0.25) is 4.79 Å². The summed E-state index contributed by atoms with van der Waals surface area (Å²) in [6.45, 7) is 0. The van der Waals surface area contributed by atoms with Gasteiger partial charge in [0.25, 0.3) is 0 Å². The van der Waals surface area contributed by atoms with Gasteiger partial charge in [0.1, 0.15) is 5.52 Å². The van der Waals surface area contributed by atoms with Crippen molar-refractivity contribution in [2.24, 2.45) is 0 Å². The summed E-state index contributed by atoms with van der Waals surface area (Å²) in [4.78, 5) is 17.9. The molecule has 1 aliphatic rings. The third kappa shape index (κ3) is 4.52. The SMILES string of the molecule is O=C(NC(=S)Nc1ccc2oc(-c3cccc(I)c3)nc2c1)C1(c2ccccc2)CCCC1. The minimum Gasteiger partial charge on any atom is -0.436 e. The number of carbonyl (C=O) groups excluding carboxylic acids is 1. The van der Waals surface area contributed by atoms with Crippen LogP contribution in [0, 0.1) is 3.57 Å². The summed E-state index contributed by atoms with van der Waals surface area (Å²) in [5.74, 6) is 0.523. The Morgan fingerprint density at radius 2 is 1.79 bits per heavy atom. The molecular formula is C26H22IN3O2S. The Hall–Kier alpha value is -2.78. The number of rotatable bonds is 4. The molecule has 166 valence electrons. The lowest BCUT2D eigenvalue weighted by Crippen LogP contribution is -2.46. The van der Waals surface area contributed by atoms with E-state index < -0.39 is 5.41 Å². The molecule has 0 atom stereocenters. The van der Waals surface area contributed by atoms with Crippen molar-refractivity contribution in [3.63, 3.8) is 0 Å². The van der Waals surface area contributed by atoms with Crippen LogP contribution in [-0.2, 0) is 10.2 Å². The van der Waals surface area contributed by atoms with E-state index in [0.717, 1.165) is 51.6 Å². The average molecular weight is 567 g/mol. The van der Waals surface area contributed by atoms with Crippen LogP contribution in [0.3, 0.4) is 0 Å². The van der Waals surface area contributed by atoms with E-state index in [1.807, 2.05) is 72.8 Å². The van der Waals surface area contributed by atoms with Crippen LogP contribution < -0.4 is 10.6 Å². The van der Waals surface area contributed by atoms with Crippen LogP contribution in [0.15, 0.2) is 77.2 Å². The quantitative estimate of drug-likeness (QED) is 0.220. The Morgan fingerprint density at radius 3 is 2.55 bits per heavy atom. The Bertz CT molecular complexity index is 1330. The van der Waals surface area contributed by atoms with Gasteiger partial charge >= 0.3 is 0 Å². The second-order valence-corrected chi connectivity index (χ2v) is 9.93. The number of benzene rings is 3. The van der Waals surface area contributed by atoms with Gasteiger partial charge in [0.15, 0.2) is 10.7 Å². The molecule has 0 spiro atoms. The van der Waals surface area contributed by atoms with Crippen molar-refractivity contribution in [1.82, 2.24) is 10.3 Å². The number of carbonyl (C=O) groups is 1. The Kier molecular flexibility index (Phi) is 6.16. The molecule has 4 aromatic rings. The second kappa shape index (κ2) is 9.23. The number of anilines is 1. The summed E-state index contributed by atoms with van der Waals surface area (Å²) in [7, 11) is 0. The zero-order chi connectivity index (χ0) is 22.8. The van der Waals surface area contributed by atoms with E-state index in [1.165, 1.54) is 0 Å². The van der Waals surface area contributed by atoms with Gasteiger partial charge < -0.3 is 15.1 Å². The molecule has 1 aromatic heterocycles. The first-order valence-electron chi connectivity index (χ1n) is 10.9. The normalized spacial score (nSPS) is 14.8. The second-order valence-electron chi connectivity index (χ2n) is 8.28. The van der Waals surface area contributed by atoms with Gasteiger partial charge in [-0.2, -0.15) is 0 Å². The third-order valence-corrected chi connectivity index (χ3v) is 7.04. The molecule has 7 heteroatoms. The number of thiocarbonyl (C=S) groups is 1. The highest BCUT2D eigenvalue weighted by atomic mass is 127. The van der Waals surface area contributed by atoms with Gasteiger partial charge in [0.05, 0.1) is 5.41 Å². The molecule has 5 rings (SSSR count). The van der Waals surface area contributed by atoms with E-state index in [2.05, 4.69) is 38.2 Å². The number of hydrogen-bond donors (Lipinski definition) is 2. The molecule has 33 heavy (non-hydrogen) atoms. The first kappa shape index (κ1) is 22.0. The summed E-state index contributed by atoms with van der Waals surface area (Å²) in [5.41, 5.74) is 3.62. The number of amides is 1. The lowest BCUT2D eigenvalue weighted by Gasteiger charge is -2.28. The first-order valence-corrected chi connectivity index (χ1v) is 12.4. The van der Waals surface area contributed by atoms with Gasteiger partial charge in [0.2, 0.25) is 11.8 Å². The summed E-state index contributed by atoms with van der Waals surface area (Å²) >= 11 is 7.75. The molecule has 0 saturated heterocycles. The van der Waals surface area contributed by atoms with Crippen molar-refractivity contribution >= 4 is 62.6 Å². The van der Waals surface area contributed by atoms with Crippen LogP contribution in [0.2, 0.25) is 0 Å². The molecule has 1 saturated carbocycles. The molecular weight excluding hydrogens is 545 g/mol. The maximum atomic E-state index is 13.3. The zero-order valence-corrected chi connectivity index (χ0v) is 20.8. The highest BCUT2D eigenvalue weighted by Crippen LogP contribution is 2.41. The largest absolute Gasteiger partial charge is 0.436 e. The molecule has 0 unspecified atom stereocenters. The smallest absolute Gasteiger partial charge is 0.236 e. The number of aromatic nitrogens is 1. The first-order chi connectivity index (χ1) is 16.0. The minimum absolute atomic E-state index is 0.0489. The number of fused-ring (bicyclic) bond motifs is 1. The van der Waals surface area contributed by atoms with Crippen molar-refractivity contribution in [2.75, 3.05) is 5.32 Å². The minimum atomic E-state index is -0.523. The van der Waals surface area contributed by atoms with Crippen LogP contribution in [-0.4, -0.2) is 16.0 Å². The zero-order valence-electron chi connectivity index (χ0n) is 17.8. The van der Waals surface area contributed by atoms with E-state index in [-0.39, 0.29) is 11.0 Å². The van der Waals surface area contributed by atoms with Gasteiger partial charge in [-0.1, -0.05) is 49.2 Å². The summed E-state index contributed by atoms with van der Waals surface area (Å²) < 4.78 is 7.04. The summed E-state index contributed by atoms with van der Waals surface area (Å²) in [6, 6.07) is 23.6. The lowest BCUT2D eigenvalue weighted by molar-refractivity contribution is -0.125. The fraction of sp³-hybridized carbons (Fsp3) is 0.192. The van der Waals surface area contributed by atoms with Gasteiger partial charge in [0, 0.05) is 14.8 Å². The molecule has 0 radical (unpaired) electrons. The molecule has 1 heterocycles. The molecule has 3 aromatic carbocycles. The predicted octanol–water partition coefficient (Wildman–Crippen LogP) is 6.42. The number of nitrogens with one attached hydrogen (secondary N) is 2. The van der Waals surface area contributed by atoms with Crippen LogP contribution >= 0.6 is 34.8 Å². The van der Waals surface area contributed by atoms with Gasteiger partial charge in [-0.05, 0) is 89.6 Å². The fourth-order valence-electron chi connectivity index (χ4n) is 4.52. The lowest BCUT2D eigenvalue weighted by atomic mass is 9.78. The topological polar surface area (TPSA) is 67.2 Å². The average Bonchev–Trinajstić information content (AvgIpc) is 3.48. The monoisotopic (exact) mass is 567 g/mol. The molecule has 0 bridgehead atoms. The standard InChI is InChI=1S/C26H22IN3O2S/c27-19-10-6-7-17(15-19)23-29-21-16-20(11-12-22(21)32-23)28-25(33)30-24(31)26(13-4-5-14-26)18-8-2-1-3-9-18/h1-3,6-12,15-16H,4-5,13-14H2,(H2,28,30,31,33). The fourth-order valence-corrected chi connectivity index (χ4v) is 5.27. The van der Waals surface area contributed by atoms with Crippen molar-refractivity contribution in [3.8, 4) is 11.5 Å². The van der Waals surface area contributed by atoms with Crippen LogP contribution in [0.25, 0.3) is 22.6 Å².